The lowest BCUT2D eigenvalue weighted by molar-refractivity contribution is 0.0721. The maximum atomic E-state index is 13.8. The smallest absolute Gasteiger partial charge is 0.165 e. The van der Waals surface area contributed by atoms with Gasteiger partial charge in [0.25, 0.3) is 0 Å². The standard InChI is InChI=1S/C18H20FNO2/c1-20(11-12-7-8-17(22-2)15(19)9-12)16-10-13-5-3-4-6-14(13)18(16)21/h3-9,16,18,21H,10-11H2,1-2H3. The molecular formula is C18H20FNO2. The molecular weight excluding hydrogens is 281 g/mol. The van der Waals surface area contributed by atoms with E-state index >= 15 is 0 Å². The minimum Gasteiger partial charge on any atom is -0.494 e. The van der Waals surface area contributed by atoms with Gasteiger partial charge < -0.3 is 9.84 Å². The molecule has 0 spiro atoms. The van der Waals surface area contributed by atoms with Gasteiger partial charge in [-0.05, 0) is 42.3 Å². The van der Waals surface area contributed by atoms with Gasteiger partial charge in [-0.2, -0.15) is 0 Å². The Morgan fingerprint density at radius 1 is 1.27 bits per heavy atom. The van der Waals surface area contributed by atoms with E-state index in [2.05, 4.69) is 11.0 Å². The molecule has 116 valence electrons. The minimum absolute atomic E-state index is 0.0163. The van der Waals surface area contributed by atoms with Crippen LogP contribution >= 0.6 is 0 Å². The summed E-state index contributed by atoms with van der Waals surface area (Å²) in [6.07, 6.45) is 0.316. The van der Waals surface area contributed by atoms with Crippen molar-refractivity contribution in [1.82, 2.24) is 4.90 Å². The Hall–Kier alpha value is -1.91. The van der Waals surface area contributed by atoms with Gasteiger partial charge in [-0.15, -0.1) is 0 Å². The number of aliphatic hydroxyl groups excluding tert-OH is 1. The summed E-state index contributed by atoms with van der Waals surface area (Å²) in [6.45, 7) is 0.580. The van der Waals surface area contributed by atoms with Crippen LogP contribution in [-0.4, -0.2) is 30.2 Å². The summed E-state index contributed by atoms with van der Waals surface area (Å²) in [5.74, 6) is -0.108. The number of methoxy groups -OCH3 is 1. The summed E-state index contributed by atoms with van der Waals surface area (Å²) in [5.41, 5.74) is 3.05. The lowest BCUT2D eigenvalue weighted by atomic mass is 10.1. The molecule has 3 nitrogen and oxygen atoms in total. The van der Waals surface area contributed by atoms with Crippen LogP contribution in [0.15, 0.2) is 42.5 Å². The fourth-order valence-corrected chi connectivity index (χ4v) is 3.16. The molecule has 1 aliphatic rings. The monoisotopic (exact) mass is 301 g/mol. The van der Waals surface area contributed by atoms with Gasteiger partial charge in [0.05, 0.1) is 13.2 Å². The van der Waals surface area contributed by atoms with Crippen molar-refractivity contribution in [1.29, 1.82) is 0 Å². The summed E-state index contributed by atoms with van der Waals surface area (Å²) in [5, 5.41) is 10.5. The Morgan fingerprint density at radius 3 is 2.73 bits per heavy atom. The van der Waals surface area contributed by atoms with Crippen LogP contribution in [0.2, 0.25) is 0 Å². The molecule has 0 amide bonds. The second-order valence-electron chi connectivity index (χ2n) is 5.80. The molecule has 0 saturated carbocycles. The molecule has 2 atom stereocenters. The van der Waals surface area contributed by atoms with E-state index in [4.69, 9.17) is 4.74 Å². The summed E-state index contributed by atoms with van der Waals surface area (Å²) in [4.78, 5) is 2.08. The summed E-state index contributed by atoms with van der Waals surface area (Å²) >= 11 is 0. The Balaban J connectivity index is 1.73. The normalized spacial score (nSPS) is 20.2. The lowest BCUT2D eigenvalue weighted by Crippen LogP contribution is -2.34. The molecule has 2 unspecified atom stereocenters. The largest absolute Gasteiger partial charge is 0.494 e. The topological polar surface area (TPSA) is 32.7 Å². The predicted molar refractivity (Wildman–Crippen MR) is 83.3 cm³/mol. The summed E-state index contributed by atoms with van der Waals surface area (Å²) < 4.78 is 18.7. The third-order valence-corrected chi connectivity index (χ3v) is 4.38. The van der Waals surface area contributed by atoms with Crippen molar-refractivity contribution >= 4 is 0 Å². The molecule has 0 aromatic heterocycles. The molecule has 3 rings (SSSR count). The molecule has 4 heteroatoms. The van der Waals surface area contributed by atoms with Crippen LogP contribution in [0, 0.1) is 5.82 Å². The number of halogens is 1. The van der Waals surface area contributed by atoms with Crippen molar-refractivity contribution in [3.8, 4) is 5.75 Å². The van der Waals surface area contributed by atoms with Gasteiger partial charge in [-0.3, -0.25) is 4.90 Å². The van der Waals surface area contributed by atoms with Gasteiger partial charge >= 0.3 is 0 Å². The van der Waals surface area contributed by atoms with Crippen molar-refractivity contribution in [2.24, 2.45) is 0 Å². The van der Waals surface area contributed by atoms with Gasteiger partial charge in [-0.1, -0.05) is 30.3 Å². The van der Waals surface area contributed by atoms with Crippen molar-refractivity contribution in [3.63, 3.8) is 0 Å². The SMILES string of the molecule is COc1ccc(CN(C)C2Cc3ccccc3C2O)cc1F. The highest BCUT2D eigenvalue weighted by molar-refractivity contribution is 5.36. The fraction of sp³-hybridized carbons (Fsp3) is 0.333. The third-order valence-electron chi connectivity index (χ3n) is 4.38. The van der Waals surface area contributed by atoms with Gasteiger partial charge in [0.15, 0.2) is 11.6 Å². The Labute approximate surface area is 130 Å². The first-order chi connectivity index (χ1) is 10.6. The Morgan fingerprint density at radius 2 is 2.05 bits per heavy atom. The number of fused-ring (bicyclic) bond motifs is 1. The van der Waals surface area contributed by atoms with Gasteiger partial charge in [0.1, 0.15) is 0 Å². The average molecular weight is 301 g/mol. The predicted octanol–water partition coefficient (Wildman–Crippen LogP) is 2.92. The molecule has 0 fully saturated rings. The quantitative estimate of drug-likeness (QED) is 0.942. The highest BCUT2D eigenvalue weighted by Gasteiger charge is 2.33. The minimum atomic E-state index is -0.496. The zero-order valence-electron chi connectivity index (χ0n) is 12.8. The summed E-state index contributed by atoms with van der Waals surface area (Å²) in [6, 6.07) is 13.0. The molecule has 0 radical (unpaired) electrons. The van der Waals surface area contributed by atoms with Crippen LogP contribution in [0.4, 0.5) is 4.39 Å². The fourth-order valence-electron chi connectivity index (χ4n) is 3.16. The zero-order chi connectivity index (χ0) is 15.7. The molecule has 1 N–H and O–H groups in total. The van der Waals surface area contributed by atoms with Crippen LogP contribution in [0.1, 0.15) is 22.8 Å². The van der Waals surface area contributed by atoms with E-state index in [1.54, 1.807) is 6.07 Å². The van der Waals surface area contributed by atoms with E-state index < -0.39 is 6.10 Å². The first-order valence-corrected chi connectivity index (χ1v) is 7.38. The molecule has 0 bridgehead atoms. The van der Waals surface area contributed by atoms with E-state index in [0.29, 0.717) is 6.54 Å². The van der Waals surface area contributed by atoms with E-state index in [1.165, 1.54) is 18.7 Å². The maximum absolute atomic E-state index is 13.8. The van der Waals surface area contributed by atoms with Crippen molar-refractivity contribution in [2.75, 3.05) is 14.2 Å². The average Bonchev–Trinajstić information content (AvgIpc) is 2.85. The summed E-state index contributed by atoms with van der Waals surface area (Å²) in [7, 11) is 3.41. The van der Waals surface area contributed by atoms with E-state index in [-0.39, 0.29) is 17.6 Å². The van der Waals surface area contributed by atoms with E-state index in [9.17, 15) is 9.50 Å². The first kappa shape index (κ1) is 15.0. The molecule has 0 heterocycles. The Bertz CT molecular complexity index is 674. The van der Waals surface area contributed by atoms with Gasteiger partial charge in [0, 0.05) is 12.6 Å². The highest BCUT2D eigenvalue weighted by Crippen LogP contribution is 2.34. The molecule has 22 heavy (non-hydrogen) atoms. The second kappa shape index (κ2) is 6.07. The van der Waals surface area contributed by atoms with E-state index in [1.807, 2.05) is 31.3 Å². The van der Waals surface area contributed by atoms with Crippen LogP contribution in [-0.2, 0) is 13.0 Å². The maximum Gasteiger partial charge on any atom is 0.165 e. The van der Waals surface area contributed by atoms with Crippen LogP contribution in [0.3, 0.4) is 0 Å². The van der Waals surface area contributed by atoms with Crippen molar-refractivity contribution in [3.05, 3.63) is 65.0 Å². The van der Waals surface area contributed by atoms with Crippen LogP contribution in [0.5, 0.6) is 5.75 Å². The van der Waals surface area contributed by atoms with Crippen molar-refractivity contribution in [2.45, 2.75) is 25.1 Å². The molecule has 0 saturated heterocycles. The van der Waals surface area contributed by atoms with Crippen LogP contribution < -0.4 is 4.74 Å². The lowest BCUT2D eigenvalue weighted by Gasteiger charge is -2.27. The molecule has 2 aromatic rings. The zero-order valence-corrected chi connectivity index (χ0v) is 12.8. The molecule has 0 aliphatic heterocycles. The van der Waals surface area contributed by atoms with Crippen LogP contribution in [0.25, 0.3) is 0 Å². The van der Waals surface area contributed by atoms with Crippen molar-refractivity contribution < 1.29 is 14.2 Å². The highest BCUT2D eigenvalue weighted by atomic mass is 19.1. The number of hydrogen-bond donors (Lipinski definition) is 1. The van der Waals surface area contributed by atoms with Gasteiger partial charge in [-0.25, -0.2) is 4.39 Å². The van der Waals surface area contributed by atoms with E-state index in [0.717, 1.165) is 17.5 Å². The number of benzene rings is 2. The third kappa shape index (κ3) is 2.72. The second-order valence-corrected chi connectivity index (χ2v) is 5.80. The molecule has 2 aromatic carbocycles. The first-order valence-electron chi connectivity index (χ1n) is 7.38. The molecule has 1 aliphatic carbocycles. The van der Waals surface area contributed by atoms with Gasteiger partial charge in [0.2, 0.25) is 0 Å². The number of hydrogen-bond acceptors (Lipinski definition) is 3. The number of aliphatic hydroxyl groups is 1. The number of nitrogens with zero attached hydrogens (tertiary/aromatic N) is 1. The Kier molecular flexibility index (Phi) is 4.14. The number of rotatable bonds is 4. The number of likely N-dealkylation sites (N-methyl/N-ethyl adjacent to an activating group) is 1. The number of ether oxygens (including phenoxy) is 1.